The number of carboxylic acids is 1. The second kappa shape index (κ2) is 7.53. The Kier molecular flexibility index (Phi) is 5.71. The number of halogens is 1. The molecular weight excluding hydrogens is 303 g/mol. The predicted octanol–water partition coefficient (Wildman–Crippen LogP) is 3.55. The Morgan fingerprint density at radius 3 is 2.55 bits per heavy atom. The van der Waals surface area contributed by atoms with Gasteiger partial charge in [-0.2, -0.15) is 0 Å². The van der Waals surface area contributed by atoms with E-state index in [9.17, 15) is 14.0 Å². The zero-order valence-electron chi connectivity index (χ0n) is 12.5. The van der Waals surface area contributed by atoms with E-state index in [-0.39, 0.29) is 11.7 Å². The fraction of sp³-hybridized carbons (Fsp3) is 0.500. The maximum atomic E-state index is 13.6. The molecule has 22 heavy (non-hydrogen) atoms. The summed E-state index contributed by atoms with van der Waals surface area (Å²) in [6.07, 6.45) is 3.71. The van der Waals surface area contributed by atoms with Gasteiger partial charge in [-0.1, -0.05) is 13.0 Å². The van der Waals surface area contributed by atoms with Crippen molar-refractivity contribution < 1.29 is 23.8 Å². The number of rotatable bonds is 5. The molecule has 6 heteroatoms. The molecule has 0 atom stereocenters. The molecule has 0 aromatic heterocycles. The molecule has 0 saturated heterocycles. The molecule has 1 aliphatic carbocycles. The topological polar surface area (TPSA) is 63.6 Å². The lowest BCUT2D eigenvalue weighted by Crippen LogP contribution is -2.24. The molecule has 4 nitrogen and oxygen atoms in total. The number of ether oxygens (including phenoxy) is 1. The Labute approximate surface area is 131 Å². The molecule has 0 unspecified atom stereocenters. The van der Waals surface area contributed by atoms with Gasteiger partial charge in [0, 0.05) is 9.52 Å². The third-order valence-electron chi connectivity index (χ3n) is 3.88. The summed E-state index contributed by atoms with van der Waals surface area (Å²) in [6, 6.07) is 4.51. The van der Waals surface area contributed by atoms with E-state index in [1.165, 1.54) is 12.1 Å². The van der Waals surface area contributed by atoms with Crippen LogP contribution in [0.3, 0.4) is 0 Å². The molecule has 0 aliphatic heterocycles. The van der Waals surface area contributed by atoms with Crippen LogP contribution in [0.15, 0.2) is 18.2 Å². The molecule has 118 valence electrons. The van der Waals surface area contributed by atoms with Gasteiger partial charge in [0.2, 0.25) is 0 Å². The monoisotopic (exact) mass is 322 g/mol. The van der Waals surface area contributed by atoms with Crippen molar-refractivity contribution in [2.45, 2.75) is 50.3 Å². The van der Waals surface area contributed by atoms with E-state index in [1.54, 1.807) is 0 Å². The Morgan fingerprint density at radius 1 is 1.32 bits per heavy atom. The molecule has 2 radical (unpaired) electrons. The summed E-state index contributed by atoms with van der Waals surface area (Å²) in [4.78, 5) is 22.8. The number of hydrogen-bond acceptors (Lipinski definition) is 3. The van der Waals surface area contributed by atoms with Crippen LogP contribution in [-0.2, 0) is 4.74 Å². The van der Waals surface area contributed by atoms with E-state index in [4.69, 9.17) is 9.84 Å². The van der Waals surface area contributed by atoms with Gasteiger partial charge in [-0.05, 0) is 49.4 Å². The van der Waals surface area contributed by atoms with E-state index < -0.39 is 23.3 Å². The minimum absolute atomic E-state index is 0.0556. The highest BCUT2D eigenvalue weighted by atomic mass is 28.2. The predicted molar refractivity (Wildman–Crippen MR) is 81.0 cm³/mol. The van der Waals surface area contributed by atoms with E-state index in [0.717, 1.165) is 52.9 Å². The van der Waals surface area contributed by atoms with Gasteiger partial charge in [0.05, 0.1) is 11.1 Å². The van der Waals surface area contributed by atoms with E-state index in [1.807, 2.05) is 0 Å². The van der Waals surface area contributed by atoms with Crippen molar-refractivity contribution in [1.29, 1.82) is 0 Å². The van der Waals surface area contributed by atoms with Gasteiger partial charge < -0.3 is 9.84 Å². The first-order chi connectivity index (χ1) is 10.5. The summed E-state index contributed by atoms with van der Waals surface area (Å²) in [5, 5.41) is 8.77. The first-order valence-electron chi connectivity index (χ1n) is 7.48. The van der Waals surface area contributed by atoms with Gasteiger partial charge in [0.25, 0.3) is 0 Å². The Bertz CT molecular complexity index is 553. The van der Waals surface area contributed by atoms with E-state index in [2.05, 4.69) is 6.92 Å². The van der Waals surface area contributed by atoms with Crippen molar-refractivity contribution in [3.8, 4) is 0 Å². The summed E-state index contributed by atoms with van der Waals surface area (Å²) in [5.41, 5.74) is 0.352. The highest BCUT2D eigenvalue weighted by Gasteiger charge is 2.24. The van der Waals surface area contributed by atoms with Crippen LogP contribution in [0.5, 0.6) is 0 Å². The minimum atomic E-state index is -1.35. The van der Waals surface area contributed by atoms with Crippen molar-refractivity contribution >= 4 is 21.5 Å². The first-order valence-corrected chi connectivity index (χ1v) is 8.77. The molecule has 0 heterocycles. The third-order valence-corrected chi connectivity index (χ3v) is 5.44. The van der Waals surface area contributed by atoms with Crippen LogP contribution in [0.2, 0.25) is 11.6 Å². The number of aromatic carboxylic acids is 1. The van der Waals surface area contributed by atoms with Crippen LogP contribution in [0, 0.1) is 5.82 Å². The van der Waals surface area contributed by atoms with Crippen molar-refractivity contribution in [3.05, 3.63) is 35.1 Å². The average molecular weight is 322 g/mol. The van der Waals surface area contributed by atoms with Gasteiger partial charge in [-0.25, -0.2) is 14.0 Å². The molecule has 1 saturated carbocycles. The average Bonchev–Trinajstić information content (AvgIpc) is 2.49. The van der Waals surface area contributed by atoms with E-state index >= 15 is 0 Å². The molecule has 2 rings (SSSR count). The molecule has 1 N–H and O–H groups in total. The second-order valence-electron chi connectivity index (χ2n) is 5.44. The number of esters is 1. The van der Waals surface area contributed by atoms with Gasteiger partial charge in [0.15, 0.2) is 0 Å². The standard InChI is InChI=1S/C16H19FO4Si/c1-2-22-12-6-4-11(5-7-12)21-16(20)10-3-8-13(15(18)19)14(17)9-10/h3,8-9,11-12H,2,4-7H2,1H3,(H,18,19). The molecule has 0 amide bonds. The van der Waals surface area contributed by atoms with Crippen LogP contribution in [0.25, 0.3) is 0 Å². The number of hydrogen-bond donors (Lipinski definition) is 1. The van der Waals surface area contributed by atoms with E-state index in [0.29, 0.717) is 0 Å². The summed E-state index contributed by atoms with van der Waals surface area (Å²) >= 11 is 0. The summed E-state index contributed by atoms with van der Waals surface area (Å²) in [7, 11) is 0.971. The summed E-state index contributed by atoms with van der Waals surface area (Å²) < 4.78 is 19.0. The molecule has 1 aromatic rings. The molecule has 1 fully saturated rings. The van der Waals surface area contributed by atoms with Crippen LogP contribution in [0.1, 0.15) is 53.3 Å². The third kappa shape index (κ3) is 4.16. The Morgan fingerprint density at radius 2 is 2.00 bits per heavy atom. The molecule has 0 bridgehead atoms. The van der Waals surface area contributed by atoms with Crippen LogP contribution in [-0.4, -0.2) is 32.7 Å². The van der Waals surface area contributed by atoms with Gasteiger partial charge in [0.1, 0.15) is 11.9 Å². The molecule has 1 aromatic carbocycles. The van der Waals surface area contributed by atoms with Gasteiger partial charge in [-0.15, -0.1) is 0 Å². The highest BCUT2D eigenvalue weighted by molar-refractivity contribution is 6.37. The number of benzene rings is 1. The number of carbonyl (C=O) groups is 2. The Balaban J connectivity index is 1.93. The van der Waals surface area contributed by atoms with Crippen molar-refractivity contribution in [1.82, 2.24) is 0 Å². The maximum absolute atomic E-state index is 13.6. The lowest BCUT2D eigenvalue weighted by atomic mass is 9.97. The first kappa shape index (κ1) is 16.7. The zero-order valence-corrected chi connectivity index (χ0v) is 13.5. The lowest BCUT2D eigenvalue weighted by Gasteiger charge is -2.27. The summed E-state index contributed by atoms with van der Waals surface area (Å²) in [6.45, 7) is 2.18. The summed E-state index contributed by atoms with van der Waals surface area (Å²) in [5.74, 6) is -2.86. The van der Waals surface area contributed by atoms with Crippen molar-refractivity contribution in [3.63, 3.8) is 0 Å². The van der Waals surface area contributed by atoms with Crippen LogP contribution in [0.4, 0.5) is 4.39 Å². The van der Waals surface area contributed by atoms with Gasteiger partial charge >= 0.3 is 11.9 Å². The molecule has 1 aliphatic rings. The van der Waals surface area contributed by atoms with Crippen LogP contribution < -0.4 is 0 Å². The molecule has 0 spiro atoms. The quantitative estimate of drug-likeness (QED) is 0.665. The Hall–Kier alpha value is -1.69. The zero-order chi connectivity index (χ0) is 16.1. The number of carboxylic acid groups (broad SMARTS) is 1. The normalized spacial score (nSPS) is 21.4. The largest absolute Gasteiger partial charge is 0.478 e. The van der Waals surface area contributed by atoms with Crippen LogP contribution >= 0.6 is 0 Å². The number of carbonyl (C=O) groups excluding carboxylic acids is 1. The lowest BCUT2D eigenvalue weighted by molar-refractivity contribution is 0.0210. The fourth-order valence-corrected chi connectivity index (χ4v) is 4.03. The smallest absolute Gasteiger partial charge is 0.338 e. The molecular formula is C16H19FO4Si. The second-order valence-corrected chi connectivity index (χ2v) is 7.37. The maximum Gasteiger partial charge on any atom is 0.338 e. The van der Waals surface area contributed by atoms with Crippen molar-refractivity contribution in [2.24, 2.45) is 0 Å². The fourth-order valence-electron chi connectivity index (χ4n) is 2.71. The van der Waals surface area contributed by atoms with Gasteiger partial charge in [-0.3, -0.25) is 0 Å². The SMILES string of the molecule is CC[Si]C1CCC(OC(=O)c2ccc(C(=O)O)c(F)c2)CC1. The van der Waals surface area contributed by atoms with Crippen molar-refractivity contribution in [2.75, 3.05) is 0 Å². The minimum Gasteiger partial charge on any atom is -0.478 e. The highest BCUT2D eigenvalue weighted by Crippen LogP contribution is 2.31.